The lowest BCUT2D eigenvalue weighted by Gasteiger charge is -2.30. The lowest BCUT2D eigenvalue weighted by molar-refractivity contribution is 0.127. The van der Waals surface area contributed by atoms with Gasteiger partial charge in [-0.3, -0.25) is 0 Å². The van der Waals surface area contributed by atoms with E-state index in [4.69, 9.17) is 5.73 Å². The van der Waals surface area contributed by atoms with Crippen LogP contribution >= 0.6 is 0 Å². The molecule has 0 radical (unpaired) electrons. The van der Waals surface area contributed by atoms with Crippen molar-refractivity contribution in [3.63, 3.8) is 0 Å². The van der Waals surface area contributed by atoms with Crippen LogP contribution in [0.3, 0.4) is 0 Å². The van der Waals surface area contributed by atoms with E-state index in [2.05, 4.69) is 29.1 Å². The van der Waals surface area contributed by atoms with Gasteiger partial charge in [-0.2, -0.15) is 0 Å². The van der Waals surface area contributed by atoms with Crippen molar-refractivity contribution in [1.82, 2.24) is 9.97 Å². The van der Waals surface area contributed by atoms with E-state index >= 15 is 0 Å². The summed E-state index contributed by atoms with van der Waals surface area (Å²) in [5.74, 6) is 2.05. The molecular weight excluding hydrogens is 240 g/mol. The van der Waals surface area contributed by atoms with Gasteiger partial charge in [0.25, 0.3) is 0 Å². The van der Waals surface area contributed by atoms with Gasteiger partial charge in [0.2, 0.25) is 0 Å². The lowest BCUT2D eigenvalue weighted by Crippen LogP contribution is -2.32. The van der Waals surface area contributed by atoms with E-state index in [1.54, 1.807) is 0 Å². The van der Waals surface area contributed by atoms with Gasteiger partial charge < -0.3 is 16.2 Å². The summed E-state index contributed by atoms with van der Waals surface area (Å²) in [6.45, 7) is 8.98. The molecule has 1 heterocycles. The first-order valence-corrected chi connectivity index (χ1v) is 6.99. The Hall–Kier alpha value is -1.36. The predicted octanol–water partition coefficient (Wildman–Crippen LogP) is 2.14. The highest BCUT2D eigenvalue weighted by atomic mass is 16.3. The number of nitrogens with one attached hydrogen (secondary N) is 1. The van der Waals surface area contributed by atoms with Crippen molar-refractivity contribution in [2.24, 2.45) is 5.41 Å². The average molecular weight is 266 g/mol. The second kappa shape index (κ2) is 6.70. The van der Waals surface area contributed by atoms with Crippen molar-refractivity contribution in [1.29, 1.82) is 0 Å². The van der Waals surface area contributed by atoms with Gasteiger partial charge in [0.15, 0.2) is 0 Å². The Bertz CT molecular complexity index is 408. The third-order valence-electron chi connectivity index (χ3n) is 4.01. The van der Waals surface area contributed by atoms with Crippen LogP contribution in [0.25, 0.3) is 0 Å². The quantitative estimate of drug-likeness (QED) is 0.704. The number of nitrogens with zero attached hydrogens (tertiary/aromatic N) is 2. The van der Waals surface area contributed by atoms with E-state index in [9.17, 15) is 5.11 Å². The van der Waals surface area contributed by atoms with Crippen molar-refractivity contribution in [3.05, 3.63) is 11.4 Å². The summed E-state index contributed by atoms with van der Waals surface area (Å²) in [7, 11) is 0. The maximum atomic E-state index is 9.58. The molecule has 0 saturated carbocycles. The molecule has 0 spiro atoms. The molecule has 0 atom stereocenters. The van der Waals surface area contributed by atoms with E-state index in [0.717, 1.165) is 36.5 Å². The molecule has 0 aliphatic rings. The average Bonchev–Trinajstić information content (AvgIpc) is 2.45. The highest BCUT2D eigenvalue weighted by molar-refractivity contribution is 5.54. The van der Waals surface area contributed by atoms with Gasteiger partial charge in [-0.05, 0) is 19.8 Å². The van der Waals surface area contributed by atoms with Crippen LogP contribution in [0.1, 0.15) is 45.0 Å². The van der Waals surface area contributed by atoms with Crippen LogP contribution in [0.5, 0.6) is 0 Å². The largest absolute Gasteiger partial charge is 0.396 e. The predicted molar refractivity (Wildman–Crippen MR) is 79.1 cm³/mol. The molecule has 0 aliphatic heterocycles. The Labute approximate surface area is 115 Å². The summed E-state index contributed by atoms with van der Waals surface area (Å²) in [6.07, 6.45) is 2.60. The Balaban J connectivity index is 2.90. The number of nitrogen functional groups attached to an aromatic ring is 1. The Morgan fingerprint density at radius 3 is 2.32 bits per heavy atom. The minimum Gasteiger partial charge on any atom is -0.396 e. The van der Waals surface area contributed by atoms with Gasteiger partial charge in [-0.25, -0.2) is 9.97 Å². The SMILES string of the molecule is CCc1nc(N)c(C)c(NCC(CC)(CC)CO)n1. The fourth-order valence-electron chi connectivity index (χ4n) is 1.96. The molecule has 0 bridgehead atoms. The molecule has 5 heteroatoms. The third kappa shape index (κ3) is 3.56. The van der Waals surface area contributed by atoms with E-state index < -0.39 is 0 Å². The Morgan fingerprint density at radius 1 is 1.21 bits per heavy atom. The molecule has 5 nitrogen and oxygen atoms in total. The van der Waals surface area contributed by atoms with E-state index in [1.165, 1.54) is 0 Å². The van der Waals surface area contributed by atoms with Gasteiger partial charge in [-0.1, -0.05) is 20.8 Å². The Morgan fingerprint density at radius 2 is 1.84 bits per heavy atom. The number of aliphatic hydroxyl groups excluding tert-OH is 1. The molecule has 1 rings (SSSR count). The second-order valence-corrected chi connectivity index (χ2v) is 5.07. The molecule has 0 unspecified atom stereocenters. The molecule has 108 valence electrons. The number of aryl methyl sites for hydroxylation is 1. The van der Waals surface area contributed by atoms with Gasteiger partial charge >= 0.3 is 0 Å². The van der Waals surface area contributed by atoms with Gasteiger partial charge in [0.1, 0.15) is 17.5 Å². The highest BCUT2D eigenvalue weighted by Gasteiger charge is 2.25. The third-order valence-corrected chi connectivity index (χ3v) is 4.01. The number of hydrogen-bond donors (Lipinski definition) is 3. The van der Waals surface area contributed by atoms with Crippen LogP contribution in [0.15, 0.2) is 0 Å². The van der Waals surface area contributed by atoms with Crippen molar-refractivity contribution < 1.29 is 5.11 Å². The zero-order chi connectivity index (χ0) is 14.5. The zero-order valence-electron chi connectivity index (χ0n) is 12.5. The first-order chi connectivity index (χ1) is 9.01. The number of aliphatic hydroxyl groups is 1. The number of rotatable bonds is 7. The summed E-state index contributed by atoms with van der Waals surface area (Å²) in [5, 5.41) is 12.9. The van der Waals surface area contributed by atoms with Gasteiger partial charge in [0.05, 0.1) is 6.61 Å². The molecule has 0 fully saturated rings. The molecule has 1 aromatic heterocycles. The number of nitrogens with two attached hydrogens (primary N) is 1. The number of hydrogen-bond acceptors (Lipinski definition) is 5. The normalized spacial score (nSPS) is 11.6. The molecule has 0 amide bonds. The first kappa shape index (κ1) is 15.7. The maximum absolute atomic E-state index is 9.58. The van der Waals surface area contributed by atoms with Crippen LogP contribution < -0.4 is 11.1 Å². The number of aromatic nitrogens is 2. The van der Waals surface area contributed by atoms with Gasteiger partial charge in [-0.15, -0.1) is 0 Å². The smallest absolute Gasteiger partial charge is 0.134 e. The first-order valence-electron chi connectivity index (χ1n) is 6.99. The van der Waals surface area contributed by atoms with Crippen molar-refractivity contribution >= 4 is 11.6 Å². The molecule has 0 saturated heterocycles. The van der Waals surface area contributed by atoms with Gasteiger partial charge in [0, 0.05) is 23.9 Å². The monoisotopic (exact) mass is 266 g/mol. The zero-order valence-corrected chi connectivity index (χ0v) is 12.5. The van der Waals surface area contributed by atoms with Crippen LogP contribution in [0.2, 0.25) is 0 Å². The minimum absolute atomic E-state index is 0.0987. The molecule has 0 aliphatic carbocycles. The molecule has 0 aromatic carbocycles. The summed E-state index contributed by atoms with van der Waals surface area (Å²) in [6, 6.07) is 0. The minimum atomic E-state index is -0.0987. The van der Waals surface area contributed by atoms with Crippen LogP contribution in [0, 0.1) is 12.3 Å². The molecule has 1 aromatic rings. The van der Waals surface area contributed by atoms with Crippen molar-refractivity contribution in [3.8, 4) is 0 Å². The molecule has 19 heavy (non-hydrogen) atoms. The lowest BCUT2D eigenvalue weighted by atomic mass is 9.83. The maximum Gasteiger partial charge on any atom is 0.134 e. The summed E-state index contributed by atoms with van der Waals surface area (Å²) >= 11 is 0. The topological polar surface area (TPSA) is 84.1 Å². The number of anilines is 2. The standard InChI is InChI=1S/C14H26N4O/c1-5-11-17-12(15)10(4)13(18-11)16-8-14(6-2,7-3)9-19/h19H,5-9H2,1-4H3,(H3,15,16,17,18). The second-order valence-electron chi connectivity index (χ2n) is 5.07. The van der Waals surface area contributed by atoms with Crippen molar-refractivity contribution in [2.45, 2.75) is 47.0 Å². The van der Waals surface area contributed by atoms with Crippen LogP contribution in [-0.4, -0.2) is 28.2 Å². The van der Waals surface area contributed by atoms with Crippen molar-refractivity contribution in [2.75, 3.05) is 24.2 Å². The highest BCUT2D eigenvalue weighted by Crippen LogP contribution is 2.27. The summed E-state index contributed by atoms with van der Waals surface area (Å²) in [5.41, 5.74) is 6.67. The van der Waals surface area contributed by atoms with Crippen LogP contribution in [0.4, 0.5) is 11.6 Å². The fraction of sp³-hybridized carbons (Fsp3) is 0.714. The van der Waals surface area contributed by atoms with Crippen LogP contribution in [-0.2, 0) is 6.42 Å². The summed E-state index contributed by atoms with van der Waals surface area (Å²) in [4.78, 5) is 8.71. The molecular formula is C14H26N4O. The van der Waals surface area contributed by atoms with E-state index in [1.807, 2.05) is 13.8 Å². The fourth-order valence-corrected chi connectivity index (χ4v) is 1.96. The Kier molecular flexibility index (Phi) is 5.54. The van der Waals surface area contributed by atoms with E-state index in [0.29, 0.717) is 12.4 Å². The summed E-state index contributed by atoms with van der Waals surface area (Å²) < 4.78 is 0. The molecule has 4 N–H and O–H groups in total. The van der Waals surface area contributed by atoms with E-state index in [-0.39, 0.29) is 12.0 Å².